The Kier molecular flexibility index (Phi) is 3.67. The van der Waals surface area contributed by atoms with Gasteiger partial charge in [0.2, 0.25) is 5.66 Å². The van der Waals surface area contributed by atoms with Crippen molar-refractivity contribution in [2.45, 2.75) is 5.66 Å². The molecule has 5 heteroatoms. The van der Waals surface area contributed by atoms with Gasteiger partial charge in [0.25, 0.3) is 0 Å². The summed E-state index contributed by atoms with van der Waals surface area (Å²) in [4.78, 5) is 0. The van der Waals surface area contributed by atoms with Gasteiger partial charge in [0.1, 0.15) is 0 Å². The Balaban J connectivity index is 1.98. The number of anilines is 1. The van der Waals surface area contributed by atoms with Crippen LogP contribution in [0, 0.1) is 0 Å². The van der Waals surface area contributed by atoms with Crippen molar-refractivity contribution in [1.29, 1.82) is 0 Å². The molecule has 0 N–H and O–H groups in total. The van der Waals surface area contributed by atoms with E-state index in [0.29, 0.717) is 0 Å². The van der Waals surface area contributed by atoms with Crippen LogP contribution < -0.4 is 5.01 Å². The largest absolute Gasteiger partial charge is 0.220 e. The zero-order valence-corrected chi connectivity index (χ0v) is 13.6. The van der Waals surface area contributed by atoms with Crippen molar-refractivity contribution in [3.63, 3.8) is 0 Å². The molecule has 1 aliphatic heterocycles. The number of hydrogen-bond donors (Lipinski definition) is 0. The molecule has 0 saturated carbocycles. The lowest BCUT2D eigenvalue weighted by Crippen LogP contribution is -2.48. The standard InChI is InChI=1S/C19H15ClN4/c20-24-19(16-10-4-1-5-11-16,17-12-6-2-7-13-17)23(21-22-24)18-14-8-3-9-15-18/h1-15H. The zero-order chi connectivity index (χ0) is 16.4. The number of para-hydroxylation sites is 1. The molecule has 24 heavy (non-hydrogen) atoms. The number of rotatable bonds is 3. The molecular formula is C19H15ClN4. The van der Waals surface area contributed by atoms with Crippen molar-refractivity contribution in [3.8, 4) is 0 Å². The highest BCUT2D eigenvalue weighted by atomic mass is 35.5. The molecule has 0 saturated heterocycles. The maximum atomic E-state index is 6.58. The SMILES string of the molecule is ClN1N=NN(c2ccccc2)C1(c1ccccc1)c1ccccc1. The average Bonchev–Trinajstić information content (AvgIpc) is 3.02. The van der Waals surface area contributed by atoms with E-state index in [1.165, 1.54) is 4.53 Å². The summed E-state index contributed by atoms with van der Waals surface area (Å²) in [6, 6.07) is 30.0. The van der Waals surface area contributed by atoms with Crippen LogP contribution in [-0.4, -0.2) is 4.53 Å². The second kappa shape index (κ2) is 5.98. The summed E-state index contributed by atoms with van der Waals surface area (Å²) in [5.41, 5.74) is 2.04. The fourth-order valence-corrected chi connectivity index (χ4v) is 3.35. The van der Waals surface area contributed by atoms with E-state index in [0.717, 1.165) is 16.8 Å². The van der Waals surface area contributed by atoms with E-state index < -0.39 is 5.66 Å². The van der Waals surface area contributed by atoms with Crippen LogP contribution in [0.1, 0.15) is 11.1 Å². The van der Waals surface area contributed by atoms with Gasteiger partial charge >= 0.3 is 0 Å². The van der Waals surface area contributed by atoms with E-state index in [9.17, 15) is 0 Å². The lowest BCUT2D eigenvalue weighted by atomic mass is 9.90. The lowest BCUT2D eigenvalue weighted by molar-refractivity contribution is 0.289. The van der Waals surface area contributed by atoms with Crippen LogP contribution in [-0.2, 0) is 5.66 Å². The van der Waals surface area contributed by atoms with Gasteiger partial charge in [-0.25, -0.2) is 5.01 Å². The minimum absolute atomic E-state index is 0.842. The van der Waals surface area contributed by atoms with Crippen LogP contribution in [0.5, 0.6) is 0 Å². The van der Waals surface area contributed by atoms with Gasteiger partial charge in [0, 0.05) is 22.9 Å². The Bertz CT molecular complexity index is 798. The Morgan fingerprint density at radius 2 is 1.08 bits per heavy atom. The topological polar surface area (TPSA) is 31.2 Å². The molecule has 0 fully saturated rings. The molecule has 4 nitrogen and oxygen atoms in total. The fourth-order valence-electron chi connectivity index (χ4n) is 3.06. The van der Waals surface area contributed by atoms with Crippen LogP contribution in [0.4, 0.5) is 5.69 Å². The first-order valence-corrected chi connectivity index (χ1v) is 8.01. The Morgan fingerprint density at radius 1 is 0.625 bits per heavy atom. The first-order valence-electron chi connectivity index (χ1n) is 7.67. The highest BCUT2D eigenvalue weighted by molar-refractivity contribution is 6.14. The van der Waals surface area contributed by atoms with Crippen molar-refractivity contribution >= 4 is 17.5 Å². The first kappa shape index (κ1) is 14.7. The van der Waals surface area contributed by atoms with Crippen LogP contribution >= 0.6 is 11.8 Å². The molecule has 3 aromatic rings. The molecule has 1 heterocycles. The second-order valence-electron chi connectivity index (χ2n) is 5.49. The van der Waals surface area contributed by atoms with Gasteiger partial charge in [0.05, 0.1) is 5.69 Å². The Labute approximate surface area is 145 Å². The number of hydrogen-bond acceptors (Lipinski definition) is 4. The smallest absolute Gasteiger partial charge is 0.208 e. The molecule has 3 aromatic carbocycles. The van der Waals surface area contributed by atoms with Crippen LogP contribution in [0.25, 0.3) is 0 Å². The zero-order valence-electron chi connectivity index (χ0n) is 12.8. The van der Waals surface area contributed by atoms with Crippen LogP contribution in [0.2, 0.25) is 0 Å². The third-order valence-electron chi connectivity index (χ3n) is 4.13. The third kappa shape index (κ3) is 2.15. The summed E-state index contributed by atoms with van der Waals surface area (Å²) in [6.45, 7) is 0. The van der Waals surface area contributed by atoms with Gasteiger partial charge in [0.15, 0.2) is 0 Å². The summed E-state index contributed by atoms with van der Waals surface area (Å²) in [6.07, 6.45) is 0. The fraction of sp³-hybridized carbons (Fsp3) is 0.0526. The molecule has 0 amide bonds. The molecule has 118 valence electrons. The normalized spacial score (nSPS) is 15.7. The molecule has 0 unspecified atom stereocenters. The summed E-state index contributed by atoms with van der Waals surface area (Å²) >= 11 is 6.58. The van der Waals surface area contributed by atoms with E-state index in [2.05, 4.69) is 10.4 Å². The van der Waals surface area contributed by atoms with E-state index >= 15 is 0 Å². The predicted molar refractivity (Wildman–Crippen MR) is 95.1 cm³/mol. The number of halogens is 1. The summed E-state index contributed by atoms with van der Waals surface area (Å²) in [5.74, 6) is 0. The monoisotopic (exact) mass is 334 g/mol. The molecular weight excluding hydrogens is 320 g/mol. The summed E-state index contributed by atoms with van der Waals surface area (Å²) in [7, 11) is 0. The third-order valence-corrected chi connectivity index (χ3v) is 4.45. The number of nitrogens with zero attached hydrogens (tertiary/aromatic N) is 4. The van der Waals surface area contributed by atoms with E-state index in [1.54, 1.807) is 0 Å². The second-order valence-corrected chi connectivity index (χ2v) is 5.81. The Morgan fingerprint density at radius 3 is 1.58 bits per heavy atom. The summed E-state index contributed by atoms with van der Waals surface area (Å²) < 4.78 is 1.39. The summed E-state index contributed by atoms with van der Waals surface area (Å²) in [5, 5.41) is 10.3. The first-order chi connectivity index (χ1) is 11.8. The maximum absolute atomic E-state index is 6.58. The Hall–Kier alpha value is -2.85. The van der Waals surface area contributed by atoms with Gasteiger partial charge in [-0.2, -0.15) is 0 Å². The van der Waals surface area contributed by atoms with Gasteiger partial charge < -0.3 is 0 Å². The van der Waals surface area contributed by atoms with Crippen molar-refractivity contribution in [3.05, 3.63) is 102 Å². The average molecular weight is 335 g/mol. The van der Waals surface area contributed by atoms with Gasteiger partial charge in [-0.3, -0.25) is 0 Å². The van der Waals surface area contributed by atoms with Gasteiger partial charge in [-0.05, 0) is 22.6 Å². The molecule has 1 aliphatic rings. The lowest BCUT2D eigenvalue weighted by Gasteiger charge is -2.39. The highest BCUT2D eigenvalue weighted by Gasteiger charge is 2.50. The van der Waals surface area contributed by atoms with Gasteiger partial charge in [-0.15, -0.1) is 4.53 Å². The number of benzene rings is 3. The van der Waals surface area contributed by atoms with Crippen molar-refractivity contribution in [2.75, 3.05) is 5.01 Å². The molecule has 0 aliphatic carbocycles. The van der Waals surface area contributed by atoms with Gasteiger partial charge in [-0.1, -0.05) is 78.9 Å². The van der Waals surface area contributed by atoms with Crippen LogP contribution in [0.15, 0.2) is 101 Å². The van der Waals surface area contributed by atoms with E-state index in [-0.39, 0.29) is 0 Å². The molecule has 0 aromatic heterocycles. The quantitative estimate of drug-likeness (QED) is 0.620. The minimum atomic E-state index is -0.842. The predicted octanol–water partition coefficient (Wildman–Crippen LogP) is 5.15. The van der Waals surface area contributed by atoms with Crippen molar-refractivity contribution in [1.82, 2.24) is 4.53 Å². The molecule has 0 bridgehead atoms. The van der Waals surface area contributed by atoms with Crippen molar-refractivity contribution < 1.29 is 0 Å². The highest BCUT2D eigenvalue weighted by Crippen LogP contribution is 2.46. The van der Waals surface area contributed by atoms with Crippen LogP contribution in [0.3, 0.4) is 0 Å². The van der Waals surface area contributed by atoms with E-state index in [4.69, 9.17) is 11.8 Å². The maximum Gasteiger partial charge on any atom is 0.220 e. The molecule has 4 rings (SSSR count). The minimum Gasteiger partial charge on any atom is -0.208 e. The molecule has 0 spiro atoms. The van der Waals surface area contributed by atoms with E-state index in [1.807, 2.05) is 96.0 Å². The molecule has 0 atom stereocenters. The van der Waals surface area contributed by atoms with Crippen molar-refractivity contribution in [2.24, 2.45) is 10.4 Å². The molecule has 0 radical (unpaired) electrons.